The van der Waals surface area contributed by atoms with Crippen LogP contribution in [0.3, 0.4) is 0 Å². The highest BCUT2D eigenvalue weighted by atomic mass is 35.5. The second-order valence-electron chi connectivity index (χ2n) is 6.99. The number of hydrogen-bond acceptors (Lipinski definition) is 6. The van der Waals surface area contributed by atoms with Gasteiger partial charge >= 0.3 is 0 Å². The minimum absolute atomic E-state index is 0.237. The van der Waals surface area contributed by atoms with Gasteiger partial charge in [0.15, 0.2) is 10.7 Å². The van der Waals surface area contributed by atoms with Crippen molar-refractivity contribution < 1.29 is 0 Å². The molecular formula is C18H21ClN6S. The Morgan fingerprint density at radius 2 is 2.08 bits per heavy atom. The fourth-order valence-corrected chi connectivity index (χ4v) is 4.22. The molecule has 3 N–H and O–H groups in total. The van der Waals surface area contributed by atoms with Gasteiger partial charge in [-0.3, -0.25) is 5.10 Å². The summed E-state index contributed by atoms with van der Waals surface area (Å²) in [5.41, 5.74) is 7.60. The zero-order valence-electron chi connectivity index (χ0n) is 14.6. The second kappa shape index (κ2) is 7.06. The lowest BCUT2D eigenvalue weighted by atomic mass is 9.80. The van der Waals surface area contributed by atoms with Crippen LogP contribution in [0.1, 0.15) is 19.8 Å². The Labute approximate surface area is 161 Å². The van der Waals surface area contributed by atoms with Crippen molar-refractivity contribution in [2.75, 3.05) is 24.5 Å². The zero-order chi connectivity index (χ0) is 18.1. The number of hydrogen-bond donors (Lipinski definition) is 2. The predicted octanol–water partition coefficient (Wildman–Crippen LogP) is 3.72. The van der Waals surface area contributed by atoms with Crippen LogP contribution in [0.2, 0.25) is 5.02 Å². The average Bonchev–Trinajstić information content (AvgIpc) is 3.06. The Morgan fingerprint density at radius 3 is 2.81 bits per heavy atom. The molecule has 1 fully saturated rings. The van der Waals surface area contributed by atoms with E-state index in [1.807, 2.05) is 30.5 Å². The molecule has 0 radical (unpaired) electrons. The van der Waals surface area contributed by atoms with Crippen LogP contribution in [0, 0.1) is 5.41 Å². The van der Waals surface area contributed by atoms with Gasteiger partial charge in [0, 0.05) is 18.0 Å². The summed E-state index contributed by atoms with van der Waals surface area (Å²) in [6.45, 7) is 4.88. The van der Waals surface area contributed by atoms with Crippen LogP contribution < -0.4 is 10.6 Å². The van der Waals surface area contributed by atoms with E-state index in [9.17, 15) is 0 Å². The first-order chi connectivity index (χ1) is 12.6. The van der Waals surface area contributed by atoms with Crippen molar-refractivity contribution in [2.24, 2.45) is 11.1 Å². The third-order valence-corrected chi connectivity index (χ3v) is 6.55. The van der Waals surface area contributed by atoms with Gasteiger partial charge in [-0.15, -0.1) is 0 Å². The molecule has 4 rings (SSSR count). The van der Waals surface area contributed by atoms with E-state index >= 15 is 0 Å². The number of nitrogens with two attached hydrogens (primary N) is 1. The Morgan fingerprint density at radius 1 is 1.31 bits per heavy atom. The molecule has 0 aliphatic carbocycles. The van der Waals surface area contributed by atoms with E-state index in [4.69, 9.17) is 22.3 Å². The number of piperidine rings is 1. The normalized spacial score (nSPS) is 17.0. The number of benzene rings is 1. The van der Waals surface area contributed by atoms with Gasteiger partial charge in [0.05, 0.1) is 11.2 Å². The lowest BCUT2D eigenvalue weighted by Crippen LogP contribution is -2.42. The molecule has 0 spiro atoms. The van der Waals surface area contributed by atoms with E-state index in [-0.39, 0.29) is 5.41 Å². The Balaban J connectivity index is 1.55. The quantitative estimate of drug-likeness (QED) is 0.708. The zero-order valence-corrected chi connectivity index (χ0v) is 16.1. The van der Waals surface area contributed by atoms with Gasteiger partial charge < -0.3 is 10.6 Å². The molecule has 0 saturated carbocycles. The number of anilines is 1. The molecule has 0 amide bonds. The fraction of sp³-hybridized carbons (Fsp3) is 0.389. The molecule has 136 valence electrons. The van der Waals surface area contributed by atoms with E-state index in [1.54, 1.807) is 0 Å². The van der Waals surface area contributed by atoms with Crippen LogP contribution in [-0.4, -0.2) is 39.8 Å². The standard InChI is InChI=1S/C18H21ClN6S/c1-18(11-20)6-8-25(9-7-18)14-10-21-15-16(22-14)23-24-17(15)26-13-5-3-2-4-12(13)19/h2-5,10H,6-9,11,20H2,1H3,(H,22,23,24). The van der Waals surface area contributed by atoms with Crippen molar-refractivity contribution in [2.45, 2.75) is 29.7 Å². The first kappa shape index (κ1) is 17.6. The summed E-state index contributed by atoms with van der Waals surface area (Å²) < 4.78 is 0. The highest BCUT2D eigenvalue weighted by Crippen LogP contribution is 2.35. The van der Waals surface area contributed by atoms with Gasteiger partial charge in [-0.25, -0.2) is 9.97 Å². The number of fused-ring (bicyclic) bond motifs is 1. The van der Waals surface area contributed by atoms with E-state index < -0.39 is 0 Å². The van der Waals surface area contributed by atoms with Crippen molar-refractivity contribution in [3.63, 3.8) is 0 Å². The van der Waals surface area contributed by atoms with Crippen LogP contribution >= 0.6 is 23.4 Å². The molecule has 3 heterocycles. The van der Waals surface area contributed by atoms with Crippen LogP contribution in [-0.2, 0) is 0 Å². The SMILES string of the molecule is CC1(CN)CCN(c2cnc3c(Sc4ccccc4Cl)n[nH]c3n2)CC1. The Kier molecular flexibility index (Phi) is 4.77. The third-order valence-electron chi connectivity index (χ3n) is 5.06. The summed E-state index contributed by atoms with van der Waals surface area (Å²) >= 11 is 7.73. The average molecular weight is 389 g/mol. The Hall–Kier alpha value is -1.83. The lowest BCUT2D eigenvalue weighted by molar-refractivity contribution is 0.258. The molecule has 8 heteroatoms. The summed E-state index contributed by atoms with van der Waals surface area (Å²) in [5, 5.41) is 8.86. The number of aromatic amines is 1. The van der Waals surface area contributed by atoms with E-state index in [0.29, 0.717) is 10.7 Å². The Bertz CT molecular complexity index is 919. The number of H-pyrrole nitrogens is 1. The summed E-state index contributed by atoms with van der Waals surface area (Å²) in [6.07, 6.45) is 3.97. The van der Waals surface area contributed by atoms with Gasteiger partial charge in [0.1, 0.15) is 11.3 Å². The second-order valence-corrected chi connectivity index (χ2v) is 8.43. The molecule has 1 aromatic carbocycles. The molecule has 0 bridgehead atoms. The molecule has 1 aliphatic heterocycles. The summed E-state index contributed by atoms with van der Waals surface area (Å²) in [7, 11) is 0. The van der Waals surface area contributed by atoms with Gasteiger partial charge in [0.2, 0.25) is 0 Å². The molecule has 1 saturated heterocycles. The van der Waals surface area contributed by atoms with Crippen LogP contribution in [0.4, 0.5) is 5.82 Å². The van der Waals surface area contributed by atoms with Gasteiger partial charge in [-0.2, -0.15) is 5.10 Å². The largest absolute Gasteiger partial charge is 0.355 e. The van der Waals surface area contributed by atoms with E-state index in [1.165, 1.54) is 11.8 Å². The molecule has 1 aliphatic rings. The first-order valence-corrected chi connectivity index (χ1v) is 9.86. The van der Waals surface area contributed by atoms with Crippen molar-refractivity contribution >= 4 is 40.3 Å². The maximum Gasteiger partial charge on any atom is 0.177 e. The highest BCUT2D eigenvalue weighted by molar-refractivity contribution is 7.99. The number of nitrogens with one attached hydrogen (secondary N) is 1. The first-order valence-electron chi connectivity index (χ1n) is 8.66. The summed E-state index contributed by atoms with van der Waals surface area (Å²) in [5.74, 6) is 0.884. The van der Waals surface area contributed by atoms with Gasteiger partial charge in [-0.05, 0) is 36.9 Å². The number of halogens is 1. The molecule has 0 atom stereocenters. The van der Waals surface area contributed by atoms with Crippen LogP contribution in [0.15, 0.2) is 40.4 Å². The number of aromatic nitrogens is 4. The maximum atomic E-state index is 6.24. The van der Waals surface area contributed by atoms with Crippen molar-refractivity contribution in [3.05, 3.63) is 35.5 Å². The van der Waals surface area contributed by atoms with Crippen molar-refractivity contribution in [1.82, 2.24) is 20.2 Å². The van der Waals surface area contributed by atoms with E-state index in [0.717, 1.165) is 53.7 Å². The topological polar surface area (TPSA) is 83.7 Å². The third kappa shape index (κ3) is 3.39. The number of rotatable bonds is 4. The van der Waals surface area contributed by atoms with Crippen LogP contribution in [0.25, 0.3) is 11.2 Å². The molecule has 26 heavy (non-hydrogen) atoms. The minimum Gasteiger partial charge on any atom is -0.355 e. The smallest absolute Gasteiger partial charge is 0.177 e. The number of nitrogens with zero attached hydrogens (tertiary/aromatic N) is 4. The molecule has 0 unspecified atom stereocenters. The molecule has 6 nitrogen and oxygen atoms in total. The van der Waals surface area contributed by atoms with Crippen LogP contribution in [0.5, 0.6) is 0 Å². The molecular weight excluding hydrogens is 368 g/mol. The minimum atomic E-state index is 0.237. The molecule has 3 aromatic rings. The van der Waals surface area contributed by atoms with Gasteiger partial charge in [0.25, 0.3) is 0 Å². The van der Waals surface area contributed by atoms with Crippen molar-refractivity contribution in [3.8, 4) is 0 Å². The maximum absolute atomic E-state index is 6.24. The van der Waals surface area contributed by atoms with Crippen molar-refractivity contribution in [1.29, 1.82) is 0 Å². The van der Waals surface area contributed by atoms with Gasteiger partial charge in [-0.1, -0.05) is 42.4 Å². The summed E-state index contributed by atoms with van der Waals surface area (Å²) in [6, 6.07) is 7.71. The monoisotopic (exact) mass is 388 g/mol. The van der Waals surface area contributed by atoms with E-state index in [2.05, 4.69) is 27.0 Å². The summed E-state index contributed by atoms with van der Waals surface area (Å²) in [4.78, 5) is 12.6. The molecule has 2 aromatic heterocycles. The predicted molar refractivity (Wildman–Crippen MR) is 106 cm³/mol. The highest BCUT2D eigenvalue weighted by Gasteiger charge is 2.29. The lowest BCUT2D eigenvalue weighted by Gasteiger charge is -2.39. The fourth-order valence-electron chi connectivity index (χ4n) is 3.11.